The third-order valence-electron chi connectivity index (χ3n) is 1.74. The van der Waals surface area contributed by atoms with Crippen molar-refractivity contribution in [3.05, 3.63) is 34.8 Å². The van der Waals surface area contributed by atoms with Gasteiger partial charge in [0.2, 0.25) is 5.91 Å². The monoisotopic (exact) mass is 269 g/mol. The number of nitrogens with one attached hydrogen (secondary N) is 1. The molecular weight excluding hydrogens is 258 g/mol. The predicted molar refractivity (Wildman–Crippen MR) is 64.1 cm³/mol. The number of allylic oxidation sites excluding steroid dienone is 1. The number of benzene rings is 1. The van der Waals surface area contributed by atoms with Crippen molar-refractivity contribution in [2.24, 2.45) is 0 Å². The smallest absolute Gasteiger partial charge is 0.248 e. The normalized spacial score (nSPS) is 10.3. The quantitative estimate of drug-likeness (QED) is 0.857. The van der Waals surface area contributed by atoms with Crippen molar-refractivity contribution >= 4 is 27.5 Å². The molecule has 1 N–H and O–H groups in total. The van der Waals surface area contributed by atoms with Gasteiger partial charge in [-0.15, -0.1) is 0 Å². The van der Waals surface area contributed by atoms with E-state index in [4.69, 9.17) is 4.74 Å². The van der Waals surface area contributed by atoms with Crippen LogP contribution in [0.5, 0.6) is 5.75 Å². The third kappa shape index (κ3) is 3.40. The molecule has 0 saturated heterocycles. The van der Waals surface area contributed by atoms with Gasteiger partial charge in [-0.25, -0.2) is 0 Å². The first kappa shape index (κ1) is 11.8. The fourth-order valence-electron chi connectivity index (χ4n) is 1.08. The molecule has 4 heteroatoms. The Morgan fingerprint density at radius 1 is 1.53 bits per heavy atom. The summed E-state index contributed by atoms with van der Waals surface area (Å²) in [5.74, 6) is 0.591. The van der Waals surface area contributed by atoms with E-state index in [1.165, 1.54) is 6.08 Å². The number of carbonyl (C=O) groups excluding carboxylic acids is 1. The summed E-state index contributed by atoms with van der Waals surface area (Å²) in [6.07, 6.45) is 3.16. The van der Waals surface area contributed by atoms with Gasteiger partial charge >= 0.3 is 0 Å². The zero-order chi connectivity index (χ0) is 11.3. The van der Waals surface area contributed by atoms with E-state index in [2.05, 4.69) is 21.2 Å². The van der Waals surface area contributed by atoms with Gasteiger partial charge in [0.25, 0.3) is 0 Å². The molecule has 0 spiro atoms. The zero-order valence-electron chi connectivity index (χ0n) is 8.58. The molecule has 1 amide bonds. The molecular formula is C11H12BrNO2. The third-order valence-corrected chi connectivity index (χ3v) is 2.36. The second-order valence-corrected chi connectivity index (χ2v) is 3.69. The minimum Gasteiger partial charge on any atom is -0.496 e. The minimum atomic E-state index is -0.144. The number of ether oxygens (including phenoxy) is 1. The van der Waals surface area contributed by atoms with E-state index in [0.29, 0.717) is 0 Å². The lowest BCUT2D eigenvalue weighted by atomic mass is 10.3. The number of rotatable bonds is 3. The van der Waals surface area contributed by atoms with Crippen LogP contribution in [-0.4, -0.2) is 13.0 Å². The Morgan fingerprint density at radius 2 is 2.27 bits per heavy atom. The highest BCUT2D eigenvalue weighted by atomic mass is 79.9. The van der Waals surface area contributed by atoms with Crippen LogP contribution in [0.2, 0.25) is 0 Å². The highest BCUT2D eigenvalue weighted by Crippen LogP contribution is 2.27. The molecule has 0 aromatic heterocycles. The van der Waals surface area contributed by atoms with E-state index in [1.54, 1.807) is 38.3 Å². The van der Waals surface area contributed by atoms with Gasteiger partial charge < -0.3 is 10.1 Å². The Labute approximate surface area is 97.3 Å². The molecule has 0 aliphatic carbocycles. The Kier molecular flexibility index (Phi) is 4.37. The van der Waals surface area contributed by atoms with Gasteiger partial charge in [-0.2, -0.15) is 0 Å². The molecule has 15 heavy (non-hydrogen) atoms. The number of hydrogen-bond donors (Lipinski definition) is 1. The van der Waals surface area contributed by atoms with E-state index in [9.17, 15) is 4.79 Å². The molecule has 0 aliphatic heterocycles. The van der Waals surface area contributed by atoms with Gasteiger partial charge in [-0.3, -0.25) is 4.79 Å². The minimum absolute atomic E-state index is 0.144. The molecule has 0 atom stereocenters. The first-order chi connectivity index (χ1) is 7.17. The number of carbonyl (C=O) groups is 1. The summed E-state index contributed by atoms with van der Waals surface area (Å²) in [5.41, 5.74) is 0.728. The molecule has 0 radical (unpaired) electrons. The summed E-state index contributed by atoms with van der Waals surface area (Å²) in [6, 6.07) is 5.36. The first-order valence-corrected chi connectivity index (χ1v) is 5.24. The van der Waals surface area contributed by atoms with Gasteiger partial charge in [0, 0.05) is 5.69 Å². The molecule has 0 saturated carbocycles. The fourth-order valence-corrected chi connectivity index (χ4v) is 1.62. The lowest BCUT2D eigenvalue weighted by Crippen LogP contribution is -2.07. The van der Waals surface area contributed by atoms with Crippen LogP contribution >= 0.6 is 15.9 Å². The molecule has 0 unspecified atom stereocenters. The zero-order valence-corrected chi connectivity index (χ0v) is 10.2. The number of methoxy groups -OCH3 is 1. The lowest BCUT2D eigenvalue weighted by Gasteiger charge is -2.06. The summed E-state index contributed by atoms with van der Waals surface area (Å²) >= 11 is 3.34. The number of amides is 1. The molecule has 0 fully saturated rings. The Balaban J connectivity index is 2.79. The maximum absolute atomic E-state index is 11.2. The van der Waals surface area contributed by atoms with Crippen LogP contribution in [0.4, 0.5) is 5.69 Å². The molecule has 1 rings (SSSR count). The highest BCUT2D eigenvalue weighted by Gasteiger charge is 2.02. The number of anilines is 1. The Bertz CT molecular complexity index is 388. The summed E-state index contributed by atoms with van der Waals surface area (Å²) in [5, 5.41) is 2.72. The van der Waals surface area contributed by atoms with Crippen LogP contribution in [0.1, 0.15) is 6.92 Å². The molecule has 0 bridgehead atoms. The van der Waals surface area contributed by atoms with Crippen LogP contribution < -0.4 is 10.1 Å². The van der Waals surface area contributed by atoms with Crippen molar-refractivity contribution in [1.82, 2.24) is 0 Å². The van der Waals surface area contributed by atoms with Crippen molar-refractivity contribution in [2.45, 2.75) is 6.92 Å². The second kappa shape index (κ2) is 5.56. The van der Waals surface area contributed by atoms with Gasteiger partial charge in [-0.05, 0) is 47.1 Å². The van der Waals surface area contributed by atoms with Gasteiger partial charge in [0.05, 0.1) is 11.6 Å². The van der Waals surface area contributed by atoms with Crippen LogP contribution in [0.3, 0.4) is 0 Å². The Morgan fingerprint density at radius 3 is 2.80 bits per heavy atom. The van der Waals surface area contributed by atoms with Gasteiger partial charge in [-0.1, -0.05) is 6.08 Å². The summed E-state index contributed by atoms with van der Waals surface area (Å²) < 4.78 is 5.89. The van der Waals surface area contributed by atoms with Gasteiger partial charge in [0.1, 0.15) is 5.75 Å². The second-order valence-electron chi connectivity index (χ2n) is 2.84. The highest BCUT2D eigenvalue weighted by molar-refractivity contribution is 9.10. The fraction of sp³-hybridized carbons (Fsp3) is 0.182. The van der Waals surface area contributed by atoms with Crippen LogP contribution in [0, 0.1) is 0 Å². The number of halogens is 1. The van der Waals surface area contributed by atoms with Crippen LogP contribution in [0.15, 0.2) is 34.8 Å². The van der Waals surface area contributed by atoms with Crippen molar-refractivity contribution in [3.63, 3.8) is 0 Å². The standard InChI is InChI=1S/C11H12BrNO2/c1-3-4-11(14)13-8-5-6-10(15-2)9(12)7-8/h3-7H,1-2H3,(H,13,14)/b4-3+. The molecule has 1 aromatic rings. The van der Waals surface area contributed by atoms with E-state index in [0.717, 1.165) is 15.9 Å². The van der Waals surface area contributed by atoms with E-state index in [-0.39, 0.29) is 5.91 Å². The summed E-state index contributed by atoms with van der Waals surface area (Å²) in [7, 11) is 1.60. The molecule has 0 heterocycles. The number of hydrogen-bond acceptors (Lipinski definition) is 2. The van der Waals surface area contributed by atoms with Crippen LogP contribution in [-0.2, 0) is 4.79 Å². The largest absolute Gasteiger partial charge is 0.496 e. The molecule has 1 aromatic carbocycles. The topological polar surface area (TPSA) is 38.3 Å². The SMILES string of the molecule is C/C=C/C(=O)Nc1ccc(OC)c(Br)c1. The van der Waals surface area contributed by atoms with Crippen molar-refractivity contribution in [2.75, 3.05) is 12.4 Å². The van der Waals surface area contributed by atoms with Gasteiger partial charge in [0.15, 0.2) is 0 Å². The molecule has 80 valence electrons. The van der Waals surface area contributed by atoms with E-state index >= 15 is 0 Å². The maximum atomic E-state index is 11.2. The van der Waals surface area contributed by atoms with E-state index < -0.39 is 0 Å². The molecule has 3 nitrogen and oxygen atoms in total. The predicted octanol–water partition coefficient (Wildman–Crippen LogP) is 2.97. The average molecular weight is 270 g/mol. The van der Waals surface area contributed by atoms with Crippen molar-refractivity contribution in [1.29, 1.82) is 0 Å². The van der Waals surface area contributed by atoms with Crippen molar-refractivity contribution in [3.8, 4) is 5.75 Å². The molecule has 0 aliphatic rings. The van der Waals surface area contributed by atoms with Crippen LogP contribution in [0.25, 0.3) is 0 Å². The lowest BCUT2D eigenvalue weighted by molar-refractivity contribution is -0.111. The summed E-state index contributed by atoms with van der Waals surface area (Å²) in [4.78, 5) is 11.2. The maximum Gasteiger partial charge on any atom is 0.248 e. The first-order valence-electron chi connectivity index (χ1n) is 4.44. The average Bonchev–Trinajstić information content (AvgIpc) is 2.18. The van der Waals surface area contributed by atoms with E-state index in [1.807, 2.05) is 0 Å². The Hall–Kier alpha value is -1.29. The summed E-state index contributed by atoms with van der Waals surface area (Å²) in [6.45, 7) is 1.80. The van der Waals surface area contributed by atoms with Crippen molar-refractivity contribution < 1.29 is 9.53 Å².